The van der Waals surface area contributed by atoms with Crippen LogP contribution in [-0.2, 0) is 23.9 Å². The molecule has 0 unspecified atom stereocenters. The van der Waals surface area contributed by atoms with Crippen LogP contribution in [0.25, 0.3) is 5.78 Å². The molecular formula is C19H19ClF3N5OS. The van der Waals surface area contributed by atoms with E-state index in [1.54, 1.807) is 30.9 Å². The van der Waals surface area contributed by atoms with Gasteiger partial charge in [0.2, 0.25) is 5.91 Å². The third-order valence-corrected chi connectivity index (χ3v) is 5.79. The van der Waals surface area contributed by atoms with Crippen LogP contribution in [0.2, 0.25) is 4.34 Å². The quantitative estimate of drug-likeness (QED) is 0.485. The molecule has 0 spiro atoms. The molecule has 3 aromatic heterocycles. The van der Waals surface area contributed by atoms with E-state index in [4.69, 9.17) is 11.6 Å². The Bertz CT molecular complexity index is 1090. The number of amides is 1. The van der Waals surface area contributed by atoms with Crippen LogP contribution in [0.4, 0.5) is 13.2 Å². The molecule has 0 N–H and O–H groups in total. The third-order valence-electron chi connectivity index (χ3n) is 4.57. The molecule has 3 rings (SSSR count). The first-order valence-corrected chi connectivity index (χ1v) is 10.2. The minimum absolute atomic E-state index is 0.104. The van der Waals surface area contributed by atoms with Gasteiger partial charge in [0, 0.05) is 29.2 Å². The Morgan fingerprint density at radius 1 is 1.33 bits per heavy atom. The normalized spacial score (nSPS) is 11.8. The number of carbonyl (C=O) groups is 1. The maximum absolute atomic E-state index is 12.9. The summed E-state index contributed by atoms with van der Waals surface area (Å²) in [5.74, 6) is -1.46. The first-order valence-electron chi connectivity index (χ1n) is 9.03. The van der Waals surface area contributed by atoms with Gasteiger partial charge in [-0.2, -0.15) is 18.2 Å². The van der Waals surface area contributed by atoms with Gasteiger partial charge in [-0.05, 0) is 38.0 Å². The van der Waals surface area contributed by atoms with E-state index in [-0.39, 0.29) is 18.1 Å². The van der Waals surface area contributed by atoms with Gasteiger partial charge in [-0.25, -0.2) is 9.50 Å². The Morgan fingerprint density at radius 3 is 2.67 bits per heavy atom. The number of alkyl halides is 3. The SMILES string of the molecule is C=CCN(Cc1ccc(Cl)s1)C(=O)CCc1c(C)nc2nc(C(F)(F)F)nn2c1C. The molecule has 0 atom stereocenters. The Morgan fingerprint density at radius 2 is 2.07 bits per heavy atom. The summed E-state index contributed by atoms with van der Waals surface area (Å²) in [6.07, 6.45) is -2.52. The molecular weight excluding hydrogens is 439 g/mol. The molecule has 0 fully saturated rings. The zero-order valence-corrected chi connectivity index (χ0v) is 17.9. The lowest BCUT2D eigenvalue weighted by atomic mass is 10.1. The minimum atomic E-state index is -4.65. The monoisotopic (exact) mass is 457 g/mol. The standard InChI is InChI=1S/C19H19ClF3N5OS/c1-4-9-27(10-13-5-7-15(20)30-13)16(29)8-6-14-11(2)24-18-25-17(19(21,22)23)26-28(18)12(14)3/h4-5,7H,1,6,8-10H2,2-3H3. The van der Waals surface area contributed by atoms with Gasteiger partial charge in [-0.3, -0.25) is 4.79 Å². The van der Waals surface area contributed by atoms with Gasteiger partial charge in [-0.1, -0.05) is 17.7 Å². The highest BCUT2D eigenvalue weighted by Crippen LogP contribution is 2.27. The number of nitrogens with zero attached hydrogens (tertiary/aromatic N) is 5. The van der Waals surface area contributed by atoms with Crippen LogP contribution >= 0.6 is 22.9 Å². The van der Waals surface area contributed by atoms with E-state index in [1.807, 2.05) is 6.07 Å². The van der Waals surface area contributed by atoms with Crippen molar-refractivity contribution in [1.29, 1.82) is 0 Å². The molecule has 0 saturated heterocycles. The Balaban J connectivity index is 1.79. The maximum atomic E-state index is 12.9. The second-order valence-corrected chi connectivity index (χ2v) is 8.47. The predicted molar refractivity (Wildman–Crippen MR) is 109 cm³/mol. The number of carbonyl (C=O) groups excluding carboxylic acids is 1. The summed E-state index contributed by atoms with van der Waals surface area (Å²) in [5.41, 5.74) is 1.68. The number of hydrogen-bond donors (Lipinski definition) is 0. The summed E-state index contributed by atoms with van der Waals surface area (Å²) in [4.78, 5) is 23.0. The zero-order chi connectivity index (χ0) is 22.1. The first kappa shape index (κ1) is 22.2. The highest BCUT2D eigenvalue weighted by atomic mass is 35.5. The number of aromatic nitrogens is 4. The van der Waals surface area contributed by atoms with E-state index in [9.17, 15) is 18.0 Å². The summed E-state index contributed by atoms with van der Waals surface area (Å²) in [5, 5.41) is 3.53. The van der Waals surface area contributed by atoms with Gasteiger partial charge in [0.15, 0.2) is 0 Å². The Labute approximate surface area is 180 Å². The second-order valence-electron chi connectivity index (χ2n) is 6.67. The molecule has 160 valence electrons. The number of hydrogen-bond acceptors (Lipinski definition) is 5. The van der Waals surface area contributed by atoms with Gasteiger partial charge in [0.1, 0.15) is 0 Å². The molecule has 3 heterocycles. The number of aryl methyl sites for hydroxylation is 2. The maximum Gasteiger partial charge on any atom is 0.453 e. The van der Waals surface area contributed by atoms with E-state index in [0.717, 1.165) is 9.39 Å². The highest BCUT2D eigenvalue weighted by Gasteiger charge is 2.37. The molecule has 0 saturated carbocycles. The molecule has 0 bridgehead atoms. The average molecular weight is 458 g/mol. The Hall–Kier alpha value is -2.46. The van der Waals surface area contributed by atoms with Crippen molar-refractivity contribution >= 4 is 34.6 Å². The van der Waals surface area contributed by atoms with Crippen molar-refractivity contribution in [3.63, 3.8) is 0 Å². The number of thiophene rings is 1. The van der Waals surface area contributed by atoms with Crippen LogP contribution in [0.1, 0.15) is 34.1 Å². The van der Waals surface area contributed by atoms with Crippen molar-refractivity contribution in [2.75, 3.05) is 6.54 Å². The van der Waals surface area contributed by atoms with Crippen molar-refractivity contribution < 1.29 is 18.0 Å². The summed E-state index contributed by atoms with van der Waals surface area (Å²) in [6.45, 7) is 7.81. The number of halogens is 4. The summed E-state index contributed by atoms with van der Waals surface area (Å²) >= 11 is 7.36. The van der Waals surface area contributed by atoms with Gasteiger partial charge in [-0.15, -0.1) is 23.0 Å². The van der Waals surface area contributed by atoms with E-state index >= 15 is 0 Å². The fourth-order valence-corrected chi connectivity index (χ4v) is 4.22. The van der Waals surface area contributed by atoms with Crippen molar-refractivity contribution in [3.05, 3.63) is 56.8 Å². The minimum Gasteiger partial charge on any atom is -0.334 e. The van der Waals surface area contributed by atoms with E-state index in [1.165, 1.54) is 11.3 Å². The lowest BCUT2D eigenvalue weighted by Crippen LogP contribution is -2.30. The molecule has 0 aliphatic carbocycles. The van der Waals surface area contributed by atoms with Crippen LogP contribution < -0.4 is 0 Å². The van der Waals surface area contributed by atoms with Gasteiger partial charge in [0.05, 0.1) is 10.9 Å². The molecule has 11 heteroatoms. The van der Waals surface area contributed by atoms with Crippen molar-refractivity contribution in [2.24, 2.45) is 0 Å². The average Bonchev–Trinajstić information content (AvgIpc) is 3.27. The van der Waals surface area contributed by atoms with Crippen molar-refractivity contribution in [2.45, 2.75) is 39.4 Å². The molecule has 0 aromatic carbocycles. The molecule has 0 aliphatic heterocycles. The molecule has 0 radical (unpaired) electrons. The van der Waals surface area contributed by atoms with Crippen molar-refractivity contribution in [3.8, 4) is 0 Å². The fraction of sp³-hybridized carbons (Fsp3) is 0.368. The van der Waals surface area contributed by atoms with Gasteiger partial charge >= 0.3 is 6.18 Å². The highest BCUT2D eigenvalue weighted by molar-refractivity contribution is 7.16. The third kappa shape index (κ3) is 4.81. The first-order chi connectivity index (χ1) is 14.1. The molecule has 30 heavy (non-hydrogen) atoms. The predicted octanol–water partition coefficient (Wildman–Crippen LogP) is 4.62. The second kappa shape index (κ2) is 8.73. The summed E-state index contributed by atoms with van der Waals surface area (Å²) < 4.78 is 40.5. The van der Waals surface area contributed by atoms with Crippen LogP contribution in [0.15, 0.2) is 24.8 Å². The molecule has 3 aromatic rings. The van der Waals surface area contributed by atoms with Crippen LogP contribution in [-0.4, -0.2) is 36.9 Å². The number of fused-ring (bicyclic) bond motifs is 1. The van der Waals surface area contributed by atoms with E-state index in [0.29, 0.717) is 40.8 Å². The zero-order valence-electron chi connectivity index (χ0n) is 16.3. The van der Waals surface area contributed by atoms with Crippen LogP contribution in [0, 0.1) is 13.8 Å². The molecule has 6 nitrogen and oxygen atoms in total. The topological polar surface area (TPSA) is 63.4 Å². The van der Waals surface area contributed by atoms with Gasteiger partial charge in [0.25, 0.3) is 11.6 Å². The van der Waals surface area contributed by atoms with Gasteiger partial charge < -0.3 is 4.90 Å². The largest absolute Gasteiger partial charge is 0.453 e. The smallest absolute Gasteiger partial charge is 0.334 e. The lowest BCUT2D eigenvalue weighted by molar-refractivity contribution is -0.144. The summed E-state index contributed by atoms with van der Waals surface area (Å²) in [6, 6.07) is 3.64. The van der Waals surface area contributed by atoms with Crippen LogP contribution in [0.3, 0.4) is 0 Å². The fourth-order valence-electron chi connectivity index (χ4n) is 3.12. The number of rotatable bonds is 7. The van der Waals surface area contributed by atoms with Crippen LogP contribution in [0.5, 0.6) is 0 Å². The molecule has 1 amide bonds. The van der Waals surface area contributed by atoms with E-state index in [2.05, 4.69) is 21.6 Å². The van der Waals surface area contributed by atoms with E-state index < -0.39 is 12.0 Å². The summed E-state index contributed by atoms with van der Waals surface area (Å²) in [7, 11) is 0. The lowest BCUT2D eigenvalue weighted by Gasteiger charge is -2.21. The Kier molecular flexibility index (Phi) is 6.47. The van der Waals surface area contributed by atoms with Crippen molar-refractivity contribution in [1.82, 2.24) is 24.5 Å². The molecule has 0 aliphatic rings.